The van der Waals surface area contributed by atoms with Gasteiger partial charge in [0.25, 0.3) is 5.56 Å². The molecule has 32 heavy (non-hydrogen) atoms. The molecule has 0 fully saturated rings. The first-order valence-corrected chi connectivity index (χ1v) is 9.88. The molecule has 10 nitrogen and oxygen atoms in total. The summed E-state index contributed by atoms with van der Waals surface area (Å²) in [6.07, 6.45) is 2.00. The molecule has 2 heterocycles. The lowest BCUT2D eigenvalue weighted by Crippen LogP contribution is -2.37. The molecule has 2 aromatic carbocycles. The van der Waals surface area contributed by atoms with Gasteiger partial charge in [-0.1, -0.05) is 30.3 Å². The van der Waals surface area contributed by atoms with Crippen molar-refractivity contribution in [1.82, 2.24) is 18.7 Å². The number of hydrogen-bond donors (Lipinski definition) is 3. The molecule has 0 spiro atoms. The Morgan fingerprint density at radius 2 is 1.81 bits per heavy atom. The van der Waals surface area contributed by atoms with Gasteiger partial charge in [0.15, 0.2) is 11.2 Å². The number of imidazole rings is 1. The van der Waals surface area contributed by atoms with Gasteiger partial charge < -0.3 is 14.8 Å². The number of phenols is 2. The first-order chi connectivity index (χ1) is 15.4. The fraction of sp³-hybridized carbons (Fsp3) is 0.182. The lowest BCUT2D eigenvalue weighted by Gasteiger charge is -2.09. The van der Waals surface area contributed by atoms with Crippen molar-refractivity contribution < 1.29 is 10.2 Å². The molecular formula is C22H22N6O4. The highest BCUT2D eigenvalue weighted by Crippen LogP contribution is 2.21. The number of aromatic nitrogens is 4. The third kappa shape index (κ3) is 3.85. The summed E-state index contributed by atoms with van der Waals surface area (Å²) in [4.78, 5) is 29.7. The molecule has 0 saturated carbocycles. The number of aryl methyl sites for hydroxylation is 3. The number of hydrogen-bond acceptors (Lipinski definition) is 7. The van der Waals surface area contributed by atoms with E-state index in [9.17, 15) is 19.8 Å². The van der Waals surface area contributed by atoms with Crippen LogP contribution in [0.2, 0.25) is 0 Å². The second-order valence-electron chi connectivity index (χ2n) is 7.31. The molecule has 4 aromatic rings. The summed E-state index contributed by atoms with van der Waals surface area (Å²) < 4.78 is 4.05. The highest BCUT2D eigenvalue weighted by Gasteiger charge is 2.19. The first-order valence-electron chi connectivity index (χ1n) is 9.88. The van der Waals surface area contributed by atoms with Crippen molar-refractivity contribution in [1.29, 1.82) is 0 Å². The van der Waals surface area contributed by atoms with Gasteiger partial charge in [0, 0.05) is 32.3 Å². The summed E-state index contributed by atoms with van der Waals surface area (Å²) in [5, 5.41) is 23.5. The standard InChI is InChI=1S/C22H22N6O4/c1-26-19-18(20(31)27(2)22(26)32)28(11-10-14-6-4-3-5-7-14)21(24-19)25-23-13-15-8-9-16(29)12-17(15)30/h3-9,12-13,29-30H,10-11H2,1-2H3,(H,24,25)/b23-13+. The molecule has 3 N–H and O–H groups in total. The molecule has 10 heteroatoms. The summed E-state index contributed by atoms with van der Waals surface area (Å²) in [5.41, 5.74) is 3.88. The van der Waals surface area contributed by atoms with Crippen LogP contribution in [0, 0.1) is 0 Å². The smallest absolute Gasteiger partial charge is 0.332 e. The van der Waals surface area contributed by atoms with Crippen molar-refractivity contribution in [2.24, 2.45) is 19.2 Å². The molecule has 0 aliphatic carbocycles. The quantitative estimate of drug-likeness (QED) is 0.312. The second kappa shape index (κ2) is 8.42. The van der Waals surface area contributed by atoms with E-state index in [4.69, 9.17) is 0 Å². The van der Waals surface area contributed by atoms with E-state index in [1.807, 2.05) is 30.3 Å². The van der Waals surface area contributed by atoms with Crippen LogP contribution in [0.25, 0.3) is 11.2 Å². The van der Waals surface area contributed by atoms with Gasteiger partial charge in [0.1, 0.15) is 11.5 Å². The Labute approximate surface area is 182 Å². The zero-order chi connectivity index (χ0) is 22.8. The van der Waals surface area contributed by atoms with Crippen LogP contribution in [0.3, 0.4) is 0 Å². The van der Waals surface area contributed by atoms with E-state index < -0.39 is 11.2 Å². The van der Waals surface area contributed by atoms with Crippen molar-refractivity contribution in [3.8, 4) is 11.5 Å². The van der Waals surface area contributed by atoms with Crippen molar-refractivity contribution >= 4 is 23.3 Å². The van der Waals surface area contributed by atoms with Gasteiger partial charge in [-0.2, -0.15) is 10.1 Å². The van der Waals surface area contributed by atoms with Crippen LogP contribution in [0.15, 0.2) is 63.2 Å². The number of benzene rings is 2. The average molecular weight is 434 g/mol. The van der Waals surface area contributed by atoms with Crippen LogP contribution >= 0.6 is 0 Å². The molecule has 164 valence electrons. The minimum Gasteiger partial charge on any atom is -0.508 e. The lowest BCUT2D eigenvalue weighted by molar-refractivity contribution is 0.450. The van der Waals surface area contributed by atoms with Crippen LogP contribution in [-0.4, -0.2) is 35.1 Å². The number of aromatic hydroxyl groups is 2. The monoisotopic (exact) mass is 434 g/mol. The number of hydrazone groups is 1. The predicted octanol–water partition coefficient (Wildman–Crippen LogP) is 1.53. The molecule has 0 aliphatic rings. The Morgan fingerprint density at radius 3 is 2.53 bits per heavy atom. The fourth-order valence-corrected chi connectivity index (χ4v) is 3.44. The summed E-state index contributed by atoms with van der Waals surface area (Å²) in [6, 6.07) is 13.9. The van der Waals surface area contributed by atoms with E-state index >= 15 is 0 Å². The first kappa shape index (κ1) is 20.9. The number of nitrogens with one attached hydrogen (secondary N) is 1. The topological polar surface area (TPSA) is 127 Å². The Kier molecular flexibility index (Phi) is 5.50. The minimum atomic E-state index is -0.473. The van der Waals surface area contributed by atoms with Gasteiger partial charge in [-0.05, 0) is 24.1 Å². The van der Waals surface area contributed by atoms with E-state index in [0.717, 1.165) is 10.1 Å². The zero-order valence-electron chi connectivity index (χ0n) is 17.6. The van der Waals surface area contributed by atoms with Crippen molar-refractivity contribution in [2.75, 3.05) is 5.43 Å². The molecule has 4 rings (SSSR count). The van der Waals surface area contributed by atoms with Gasteiger partial charge in [-0.25, -0.2) is 10.2 Å². The molecule has 0 amide bonds. The Bertz CT molecular complexity index is 1430. The summed E-state index contributed by atoms with van der Waals surface area (Å²) in [5.74, 6) is 0.0835. The maximum Gasteiger partial charge on any atom is 0.332 e. The molecule has 0 radical (unpaired) electrons. The predicted molar refractivity (Wildman–Crippen MR) is 121 cm³/mol. The van der Waals surface area contributed by atoms with E-state index in [-0.39, 0.29) is 28.6 Å². The number of anilines is 1. The van der Waals surface area contributed by atoms with Gasteiger partial charge in [-0.3, -0.25) is 13.9 Å². The maximum atomic E-state index is 12.9. The number of fused-ring (bicyclic) bond motifs is 1. The lowest BCUT2D eigenvalue weighted by atomic mass is 10.1. The Balaban J connectivity index is 1.75. The van der Waals surface area contributed by atoms with E-state index in [1.54, 1.807) is 11.6 Å². The second-order valence-corrected chi connectivity index (χ2v) is 7.31. The molecule has 0 saturated heterocycles. The molecule has 0 bridgehead atoms. The number of rotatable bonds is 6. The average Bonchev–Trinajstić information content (AvgIpc) is 3.15. The summed E-state index contributed by atoms with van der Waals surface area (Å²) in [7, 11) is 2.98. The molecular weight excluding hydrogens is 412 g/mol. The van der Waals surface area contributed by atoms with Gasteiger partial charge in [0.05, 0.1) is 6.21 Å². The van der Waals surface area contributed by atoms with Crippen LogP contribution in [-0.2, 0) is 27.1 Å². The molecule has 2 aromatic heterocycles. The van der Waals surface area contributed by atoms with Crippen LogP contribution in [0.5, 0.6) is 11.5 Å². The van der Waals surface area contributed by atoms with Gasteiger partial charge in [0.2, 0.25) is 5.95 Å². The summed E-state index contributed by atoms with van der Waals surface area (Å²) >= 11 is 0. The third-order valence-electron chi connectivity index (χ3n) is 5.20. The SMILES string of the molecule is Cn1c(=O)c2c(nc(N/N=C/c3ccc(O)cc3O)n2CCc2ccccc2)n(C)c1=O. The molecule has 0 aliphatic heterocycles. The van der Waals surface area contributed by atoms with E-state index in [2.05, 4.69) is 15.5 Å². The number of nitrogens with zero attached hydrogens (tertiary/aromatic N) is 5. The van der Waals surface area contributed by atoms with Gasteiger partial charge >= 0.3 is 5.69 Å². The van der Waals surface area contributed by atoms with Crippen LogP contribution in [0.1, 0.15) is 11.1 Å². The van der Waals surface area contributed by atoms with Crippen molar-refractivity contribution in [2.45, 2.75) is 13.0 Å². The molecule has 0 atom stereocenters. The van der Waals surface area contributed by atoms with E-state index in [0.29, 0.717) is 18.5 Å². The van der Waals surface area contributed by atoms with Crippen LogP contribution < -0.4 is 16.7 Å². The summed E-state index contributed by atoms with van der Waals surface area (Å²) in [6.45, 7) is 0.427. The highest BCUT2D eigenvalue weighted by atomic mass is 16.3. The Morgan fingerprint density at radius 1 is 1.06 bits per heavy atom. The molecule has 0 unspecified atom stereocenters. The Hall–Kier alpha value is -4.34. The zero-order valence-corrected chi connectivity index (χ0v) is 17.6. The maximum absolute atomic E-state index is 12.9. The number of phenolic OH excluding ortho intramolecular Hbond substituents is 2. The van der Waals surface area contributed by atoms with Crippen LogP contribution in [0.4, 0.5) is 5.95 Å². The fourth-order valence-electron chi connectivity index (χ4n) is 3.44. The highest BCUT2D eigenvalue weighted by molar-refractivity contribution is 5.84. The largest absolute Gasteiger partial charge is 0.508 e. The van der Waals surface area contributed by atoms with Crippen molar-refractivity contribution in [3.63, 3.8) is 0 Å². The van der Waals surface area contributed by atoms with Crippen molar-refractivity contribution in [3.05, 3.63) is 80.5 Å². The van der Waals surface area contributed by atoms with E-state index in [1.165, 1.54) is 36.0 Å². The minimum absolute atomic E-state index is 0.0629. The van der Waals surface area contributed by atoms with Gasteiger partial charge in [-0.15, -0.1) is 0 Å². The normalized spacial score (nSPS) is 11.4. The third-order valence-corrected chi connectivity index (χ3v) is 5.20.